The number of phenolic OH excluding ortho intramolecular Hbond substituents is 1. The first-order valence-electron chi connectivity index (χ1n) is 8.08. The number of rotatable bonds is 5. The zero-order valence-electron chi connectivity index (χ0n) is 15.2. The van der Waals surface area contributed by atoms with E-state index in [1.165, 1.54) is 18.2 Å². The van der Waals surface area contributed by atoms with Gasteiger partial charge in [0.1, 0.15) is 16.3 Å². The second-order valence-electron chi connectivity index (χ2n) is 6.19. The standard InChI is InChI=1S/C17H13N3O9S2/c18-9-2-1-8-5-14(31(27,28)29)15(16(21)11(8)6-9)20-19-13-4-3-10(30(24,25)26)7-12(13)17(22)23/h1-7,21H,18H2,(H,22,23)(H,24,25,26)(H,27,28,29). The van der Waals surface area contributed by atoms with Crippen molar-refractivity contribution in [3.05, 3.63) is 48.0 Å². The van der Waals surface area contributed by atoms with Crippen molar-refractivity contribution in [1.29, 1.82) is 0 Å². The Morgan fingerprint density at radius 1 is 0.903 bits per heavy atom. The van der Waals surface area contributed by atoms with Gasteiger partial charge in [-0.15, -0.1) is 10.2 Å². The van der Waals surface area contributed by atoms with E-state index in [-0.39, 0.29) is 16.5 Å². The third-order valence-corrected chi connectivity index (χ3v) is 5.83. The lowest BCUT2D eigenvalue weighted by atomic mass is 10.1. The molecule has 162 valence electrons. The number of anilines is 1. The molecule has 0 spiro atoms. The number of nitrogen functional groups attached to an aromatic ring is 1. The molecular formula is C17H13N3O9S2. The Bertz CT molecular complexity index is 1480. The van der Waals surface area contributed by atoms with Crippen molar-refractivity contribution in [2.45, 2.75) is 9.79 Å². The maximum atomic E-state index is 11.8. The van der Waals surface area contributed by atoms with E-state index in [2.05, 4.69) is 10.2 Å². The molecular weight excluding hydrogens is 454 g/mol. The molecule has 0 fully saturated rings. The van der Waals surface area contributed by atoms with Crippen molar-refractivity contribution in [3.63, 3.8) is 0 Å². The van der Waals surface area contributed by atoms with Crippen molar-refractivity contribution in [2.75, 3.05) is 5.73 Å². The van der Waals surface area contributed by atoms with Crippen molar-refractivity contribution in [2.24, 2.45) is 10.2 Å². The molecule has 12 nitrogen and oxygen atoms in total. The summed E-state index contributed by atoms with van der Waals surface area (Å²) in [5.41, 5.74) is 4.10. The van der Waals surface area contributed by atoms with Crippen LogP contribution in [-0.2, 0) is 20.2 Å². The zero-order chi connectivity index (χ0) is 23.1. The summed E-state index contributed by atoms with van der Waals surface area (Å²) in [6.07, 6.45) is 0. The maximum Gasteiger partial charge on any atom is 0.338 e. The number of carboxylic acid groups (broad SMARTS) is 1. The van der Waals surface area contributed by atoms with Crippen LogP contribution < -0.4 is 5.73 Å². The lowest BCUT2D eigenvalue weighted by molar-refractivity contribution is 0.0697. The summed E-state index contributed by atoms with van der Waals surface area (Å²) in [4.78, 5) is 9.92. The molecule has 0 aromatic heterocycles. The average molecular weight is 467 g/mol. The first-order valence-corrected chi connectivity index (χ1v) is 11.0. The van der Waals surface area contributed by atoms with E-state index in [1.54, 1.807) is 0 Å². The van der Waals surface area contributed by atoms with E-state index < -0.39 is 58.7 Å². The van der Waals surface area contributed by atoms with Gasteiger partial charge in [-0.3, -0.25) is 9.11 Å². The van der Waals surface area contributed by atoms with Gasteiger partial charge < -0.3 is 15.9 Å². The van der Waals surface area contributed by atoms with Crippen LogP contribution in [0.5, 0.6) is 5.75 Å². The van der Waals surface area contributed by atoms with Crippen molar-refractivity contribution in [1.82, 2.24) is 0 Å². The minimum atomic E-state index is -4.89. The third-order valence-electron chi connectivity index (χ3n) is 4.11. The topological polar surface area (TPSA) is 217 Å². The summed E-state index contributed by atoms with van der Waals surface area (Å²) >= 11 is 0. The number of hydrogen-bond donors (Lipinski definition) is 5. The highest BCUT2D eigenvalue weighted by molar-refractivity contribution is 7.86. The van der Waals surface area contributed by atoms with Gasteiger partial charge in [0.2, 0.25) is 0 Å². The van der Waals surface area contributed by atoms with Crippen LogP contribution in [0.4, 0.5) is 17.1 Å². The smallest absolute Gasteiger partial charge is 0.338 e. The number of aromatic hydroxyl groups is 1. The van der Waals surface area contributed by atoms with Gasteiger partial charge in [0, 0.05) is 11.1 Å². The quantitative estimate of drug-likeness (QED) is 0.210. The number of benzene rings is 3. The van der Waals surface area contributed by atoms with Crippen LogP contribution in [0.3, 0.4) is 0 Å². The number of phenols is 1. The van der Waals surface area contributed by atoms with E-state index in [1.807, 2.05) is 0 Å². The molecule has 0 radical (unpaired) electrons. The Balaban J connectivity index is 2.26. The van der Waals surface area contributed by atoms with Crippen LogP contribution in [0, 0.1) is 0 Å². The predicted octanol–water partition coefficient (Wildman–Crippen LogP) is 2.73. The Hall–Kier alpha value is -3.59. The normalized spacial score (nSPS) is 12.5. The SMILES string of the molecule is Nc1ccc2cc(S(=O)(=O)O)c(N=Nc3ccc(S(=O)(=O)O)cc3C(=O)O)c(O)c2c1. The molecule has 0 amide bonds. The number of azo groups is 1. The highest BCUT2D eigenvalue weighted by Crippen LogP contribution is 2.42. The van der Waals surface area contributed by atoms with Gasteiger partial charge in [0.25, 0.3) is 20.2 Å². The van der Waals surface area contributed by atoms with E-state index in [0.29, 0.717) is 6.07 Å². The highest BCUT2D eigenvalue weighted by atomic mass is 32.2. The molecule has 0 heterocycles. The monoisotopic (exact) mass is 467 g/mol. The molecule has 0 aliphatic heterocycles. The largest absolute Gasteiger partial charge is 0.505 e. The van der Waals surface area contributed by atoms with Crippen LogP contribution in [0.2, 0.25) is 0 Å². The van der Waals surface area contributed by atoms with Crippen LogP contribution >= 0.6 is 0 Å². The fraction of sp³-hybridized carbons (Fsp3) is 0. The van der Waals surface area contributed by atoms with Gasteiger partial charge in [-0.2, -0.15) is 16.8 Å². The van der Waals surface area contributed by atoms with Gasteiger partial charge in [0.15, 0.2) is 5.75 Å². The second kappa shape index (κ2) is 7.59. The van der Waals surface area contributed by atoms with Gasteiger partial charge in [-0.25, -0.2) is 4.79 Å². The van der Waals surface area contributed by atoms with Crippen molar-refractivity contribution < 1.29 is 40.9 Å². The van der Waals surface area contributed by atoms with Crippen molar-refractivity contribution in [3.8, 4) is 5.75 Å². The molecule has 3 aromatic carbocycles. The fourth-order valence-electron chi connectivity index (χ4n) is 2.69. The summed E-state index contributed by atoms with van der Waals surface area (Å²) in [7, 11) is -9.59. The zero-order valence-corrected chi connectivity index (χ0v) is 16.8. The molecule has 3 aromatic rings. The number of carboxylic acids is 1. The number of fused-ring (bicyclic) bond motifs is 1. The maximum absolute atomic E-state index is 11.8. The summed E-state index contributed by atoms with van der Waals surface area (Å²) < 4.78 is 64.6. The Morgan fingerprint density at radius 2 is 1.58 bits per heavy atom. The minimum absolute atomic E-state index is 0.0847. The fourth-order valence-corrected chi connectivity index (χ4v) is 3.85. The summed E-state index contributed by atoms with van der Waals surface area (Å²) in [5.74, 6) is -2.32. The Kier molecular flexibility index (Phi) is 5.41. The lowest BCUT2D eigenvalue weighted by Gasteiger charge is -2.09. The van der Waals surface area contributed by atoms with E-state index in [0.717, 1.165) is 18.2 Å². The van der Waals surface area contributed by atoms with Crippen LogP contribution in [0.15, 0.2) is 62.5 Å². The molecule has 3 rings (SSSR count). The molecule has 0 aliphatic carbocycles. The first-order chi connectivity index (χ1) is 14.3. The molecule has 0 atom stereocenters. The second-order valence-corrected chi connectivity index (χ2v) is 9.00. The van der Waals surface area contributed by atoms with E-state index in [4.69, 9.17) is 10.3 Å². The molecule has 0 unspecified atom stereocenters. The molecule has 14 heteroatoms. The van der Waals surface area contributed by atoms with Gasteiger partial charge >= 0.3 is 5.97 Å². The number of nitrogens with two attached hydrogens (primary N) is 1. The summed E-state index contributed by atoms with van der Waals surface area (Å²) in [6, 6.07) is 7.54. The van der Waals surface area contributed by atoms with E-state index in [9.17, 15) is 36.4 Å². The Labute approximate surface area is 174 Å². The summed E-state index contributed by atoms with van der Waals surface area (Å²) in [5, 5.41) is 27.3. The van der Waals surface area contributed by atoms with Gasteiger partial charge in [-0.05, 0) is 41.8 Å². The number of carbonyl (C=O) groups is 1. The highest BCUT2D eigenvalue weighted by Gasteiger charge is 2.23. The van der Waals surface area contributed by atoms with E-state index >= 15 is 0 Å². The molecule has 0 saturated heterocycles. The molecule has 0 saturated carbocycles. The van der Waals surface area contributed by atoms with Gasteiger partial charge in [-0.1, -0.05) is 6.07 Å². The molecule has 0 bridgehead atoms. The Morgan fingerprint density at radius 3 is 2.16 bits per heavy atom. The average Bonchev–Trinajstić information content (AvgIpc) is 2.65. The lowest BCUT2D eigenvalue weighted by Crippen LogP contribution is -2.03. The van der Waals surface area contributed by atoms with Gasteiger partial charge in [0.05, 0.1) is 10.5 Å². The molecule has 31 heavy (non-hydrogen) atoms. The first kappa shape index (κ1) is 22.1. The van der Waals surface area contributed by atoms with Crippen LogP contribution in [-0.4, -0.2) is 42.1 Å². The molecule has 6 N–H and O–H groups in total. The van der Waals surface area contributed by atoms with Crippen molar-refractivity contribution >= 4 is 54.0 Å². The predicted molar refractivity (Wildman–Crippen MR) is 107 cm³/mol. The minimum Gasteiger partial charge on any atom is -0.505 e. The summed E-state index contributed by atoms with van der Waals surface area (Å²) in [6.45, 7) is 0. The number of hydrogen-bond acceptors (Lipinski definition) is 9. The third kappa shape index (κ3) is 4.46. The molecule has 0 aliphatic rings. The van der Waals surface area contributed by atoms with Crippen LogP contribution in [0.1, 0.15) is 10.4 Å². The number of aromatic carboxylic acids is 1. The number of nitrogens with zero attached hydrogens (tertiary/aromatic N) is 2. The van der Waals surface area contributed by atoms with Crippen LogP contribution in [0.25, 0.3) is 10.8 Å².